The van der Waals surface area contributed by atoms with E-state index in [-0.39, 0.29) is 11.3 Å². The molecule has 0 saturated carbocycles. The van der Waals surface area contributed by atoms with Crippen LogP contribution in [0.4, 0.5) is 24.5 Å². The van der Waals surface area contributed by atoms with Gasteiger partial charge in [-0.05, 0) is 36.2 Å². The van der Waals surface area contributed by atoms with Gasteiger partial charge in [-0.2, -0.15) is 0 Å². The van der Waals surface area contributed by atoms with E-state index < -0.39 is 23.3 Å². The van der Waals surface area contributed by atoms with Gasteiger partial charge >= 0.3 is 0 Å². The molecule has 0 bridgehead atoms. The lowest BCUT2D eigenvalue weighted by Gasteiger charge is -2.21. The maximum absolute atomic E-state index is 14.2. The largest absolute Gasteiger partial charge is 0.384 e. The second-order valence-electron chi connectivity index (χ2n) is 4.88. The lowest BCUT2D eigenvalue weighted by atomic mass is 10.1. The predicted octanol–water partition coefficient (Wildman–Crippen LogP) is 3.08. The number of hydrogen-bond donors (Lipinski definition) is 2. The summed E-state index contributed by atoms with van der Waals surface area (Å²) in [5.41, 5.74) is 6.27. The summed E-state index contributed by atoms with van der Waals surface area (Å²) in [5, 5.41) is 7.24. The third-order valence-electron chi connectivity index (χ3n) is 3.54. The van der Waals surface area contributed by atoms with E-state index in [1.807, 2.05) is 0 Å². The maximum Gasteiger partial charge on any atom is 0.150 e. The van der Waals surface area contributed by atoms with Crippen molar-refractivity contribution in [1.82, 2.24) is 0 Å². The van der Waals surface area contributed by atoms with Gasteiger partial charge in [-0.1, -0.05) is 6.07 Å². The zero-order chi connectivity index (χ0) is 15.1. The first-order valence-electron chi connectivity index (χ1n) is 6.37. The van der Waals surface area contributed by atoms with Gasteiger partial charge in [-0.25, -0.2) is 13.2 Å². The zero-order valence-corrected chi connectivity index (χ0v) is 11.0. The van der Waals surface area contributed by atoms with Crippen LogP contribution in [0.1, 0.15) is 11.1 Å². The van der Waals surface area contributed by atoms with Crippen LogP contribution < -0.4 is 10.6 Å². The van der Waals surface area contributed by atoms with Gasteiger partial charge in [0.15, 0.2) is 11.6 Å². The molecule has 6 heteroatoms. The first-order valence-corrected chi connectivity index (χ1v) is 6.37. The average Bonchev–Trinajstić information content (AvgIpc) is 2.81. The second kappa shape index (κ2) is 4.80. The number of nitrogen functional groups attached to an aromatic ring is 1. The van der Waals surface area contributed by atoms with Crippen molar-refractivity contribution in [3.63, 3.8) is 0 Å². The summed E-state index contributed by atoms with van der Waals surface area (Å²) >= 11 is 0. The highest BCUT2D eigenvalue weighted by Crippen LogP contribution is 2.38. The van der Waals surface area contributed by atoms with Gasteiger partial charge < -0.3 is 10.6 Å². The molecule has 0 unspecified atom stereocenters. The Hall–Kier alpha value is -2.50. The SMILES string of the molecule is N=C(N)c1cc(F)c(N2CCc3ccc(F)cc32)c(F)c1. The van der Waals surface area contributed by atoms with Crippen LogP contribution in [-0.4, -0.2) is 12.4 Å². The summed E-state index contributed by atoms with van der Waals surface area (Å²) in [5.74, 6) is -2.51. The molecule has 0 aromatic heterocycles. The molecule has 1 aliphatic rings. The Morgan fingerprint density at radius 1 is 1.10 bits per heavy atom. The molecule has 0 radical (unpaired) electrons. The number of nitrogens with one attached hydrogen (secondary N) is 1. The molecule has 108 valence electrons. The molecule has 3 N–H and O–H groups in total. The van der Waals surface area contributed by atoms with Crippen LogP contribution in [0.25, 0.3) is 0 Å². The summed E-state index contributed by atoms with van der Waals surface area (Å²) in [6.45, 7) is 0.367. The topological polar surface area (TPSA) is 53.1 Å². The van der Waals surface area contributed by atoms with E-state index in [1.165, 1.54) is 17.0 Å². The van der Waals surface area contributed by atoms with Gasteiger partial charge in [0.2, 0.25) is 0 Å². The number of halogens is 3. The molecular weight excluding hydrogens is 279 g/mol. The maximum atomic E-state index is 14.2. The van der Waals surface area contributed by atoms with Crippen molar-refractivity contribution in [3.05, 3.63) is 58.9 Å². The van der Waals surface area contributed by atoms with Crippen molar-refractivity contribution in [1.29, 1.82) is 5.41 Å². The minimum Gasteiger partial charge on any atom is -0.384 e. The first-order chi connectivity index (χ1) is 9.97. The van der Waals surface area contributed by atoms with E-state index in [9.17, 15) is 13.2 Å². The number of amidine groups is 1. The molecule has 0 fully saturated rings. The molecule has 0 aliphatic carbocycles. The standard InChI is InChI=1S/C15H12F3N3/c16-10-2-1-8-3-4-21(13(8)7-10)14-11(17)5-9(15(19)20)6-12(14)18/h1-2,5-7H,3-4H2,(H3,19,20). The number of hydrogen-bond acceptors (Lipinski definition) is 2. The summed E-state index contributed by atoms with van der Waals surface area (Å²) in [7, 11) is 0. The van der Waals surface area contributed by atoms with Crippen LogP contribution in [0.3, 0.4) is 0 Å². The van der Waals surface area contributed by atoms with Crippen LogP contribution in [0.5, 0.6) is 0 Å². The molecule has 1 aliphatic heterocycles. The van der Waals surface area contributed by atoms with E-state index in [1.54, 1.807) is 6.07 Å². The van der Waals surface area contributed by atoms with Crippen molar-refractivity contribution in [2.24, 2.45) is 5.73 Å². The van der Waals surface area contributed by atoms with Crippen molar-refractivity contribution in [2.75, 3.05) is 11.4 Å². The number of nitrogens with zero attached hydrogens (tertiary/aromatic N) is 1. The fraction of sp³-hybridized carbons (Fsp3) is 0.133. The van der Waals surface area contributed by atoms with E-state index >= 15 is 0 Å². The normalized spacial score (nSPS) is 13.4. The Labute approximate surface area is 119 Å². The fourth-order valence-corrected chi connectivity index (χ4v) is 2.56. The van der Waals surface area contributed by atoms with Crippen molar-refractivity contribution < 1.29 is 13.2 Å². The van der Waals surface area contributed by atoms with Crippen LogP contribution in [-0.2, 0) is 6.42 Å². The molecule has 0 atom stereocenters. The monoisotopic (exact) mass is 291 g/mol. The minimum atomic E-state index is -0.822. The Morgan fingerprint density at radius 3 is 2.38 bits per heavy atom. The predicted molar refractivity (Wildman–Crippen MR) is 74.5 cm³/mol. The molecule has 0 saturated heterocycles. The molecule has 2 aromatic rings. The first kappa shape index (κ1) is 13.5. The average molecular weight is 291 g/mol. The highest BCUT2D eigenvalue weighted by atomic mass is 19.1. The van der Waals surface area contributed by atoms with Crippen LogP contribution in [0.2, 0.25) is 0 Å². The van der Waals surface area contributed by atoms with Gasteiger partial charge in [-0.15, -0.1) is 0 Å². The van der Waals surface area contributed by atoms with Gasteiger partial charge in [-0.3, -0.25) is 5.41 Å². The van der Waals surface area contributed by atoms with Crippen molar-refractivity contribution in [2.45, 2.75) is 6.42 Å². The number of benzene rings is 2. The molecule has 3 rings (SSSR count). The molecule has 21 heavy (non-hydrogen) atoms. The lowest BCUT2D eigenvalue weighted by molar-refractivity contribution is 0.581. The summed E-state index contributed by atoms with van der Waals surface area (Å²) in [6, 6.07) is 6.23. The molecule has 2 aromatic carbocycles. The second-order valence-corrected chi connectivity index (χ2v) is 4.88. The minimum absolute atomic E-state index is 0.0209. The van der Waals surface area contributed by atoms with Gasteiger partial charge in [0.05, 0.1) is 0 Å². The smallest absolute Gasteiger partial charge is 0.150 e. The van der Waals surface area contributed by atoms with E-state index in [0.717, 1.165) is 17.7 Å². The quantitative estimate of drug-likeness (QED) is 0.660. The summed E-state index contributed by atoms with van der Waals surface area (Å²) < 4.78 is 41.7. The number of fused-ring (bicyclic) bond motifs is 1. The third kappa shape index (κ3) is 2.22. The van der Waals surface area contributed by atoms with Gasteiger partial charge in [0, 0.05) is 17.8 Å². The third-order valence-corrected chi connectivity index (χ3v) is 3.54. The van der Waals surface area contributed by atoms with Crippen LogP contribution in [0.15, 0.2) is 30.3 Å². The van der Waals surface area contributed by atoms with Crippen molar-refractivity contribution >= 4 is 17.2 Å². The Kier molecular flexibility index (Phi) is 3.08. The molecule has 1 heterocycles. The van der Waals surface area contributed by atoms with Crippen LogP contribution >= 0.6 is 0 Å². The summed E-state index contributed by atoms with van der Waals surface area (Å²) in [6.07, 6.45) is 0.586. The highest BCUT2D eigenvalue weighted by Gasteiger charge is 2.26. The Morgan fingerprint density at radius 2 is 1.76 bits per heavy atom. The highest BCUT2D eigenvalue weighted by molar-refractivity contribution is 5.95. The molecule has 0 spiro atoms. The van der Waals surface area contributed by atoms with E-state index in [0.29, 0.717) is 18.7 Å². The van der Waals surface area contributed by atoms with Gasteiger partial charge in [0.1, 0.15) is 17.3 Å². The number of anilines is 2. The van der Waals surface area contributed by atoms with Crippen LogP contribution in [0, 0.1) is 22.9 Å². The zero-order valence-electron chi connectivity index (χ0n) is 11.0. The van der Waals surface area contributed by atoms with E-state index in [2.05, 4.69) is 0 Å². The number of rotatable bonds is 2. The lowest BCUT2D eigenvalue weighted by Crippen LogP contribution is -2.19. The molecule has 0 amide bonds. The molecular formula is C15H12F3N3. The summed E-state index contributed by atoms with van der Waals surface area (Å²) in [4.78, 5) is 1.41. The Bertz CT molecular complexity index is 720. The molecule has 3 nitrogen and oxygen atoms in total. The fourth-order valence-electron chi connectivity index (χ4n) is 2.56. The van der Waals surface area contributed by atoms with Crippen molar-refractivity contribution in [3.8, 4) is 0 Å². The Balaban J connectivity index is 2.12. The number of nitrogens with two attached hydrogens (primary N) is 1. The van der Waals surface area contributed by atoms with E-state index in [4.69, 9.17) is 11.1 Å². The van der Waals surface area contributed by atoms with Gasteiger partial charge in [0.25, 0.3) is 0 Å².